The molecule has 1 fully saturated rings. The van der Waals surface area contributed by atoms with Crippen molar-refractivity contribution >= 4 is 5.97 Å². The molecule has 0 aromatic heterocycles. The maximum Gasteiger partial charge on any atom is 0.341 e. The molecule has 0 spiro atoms. The van der Waals surface area contributed by atoms with Crippen LogP contribution in [0.15, 0.2) is 24.3 Å². The van der Waals surface area contributed by atoms with Gasteiger partial charge < -0.3 is 19.3 Å². The summed E-state index contributed by atoms with van der Waals surface area (Å²) in [6.45, 7) is 3.27. The van der Waals surface area contributed by atoms with Crippen molar-refractivity contribution in [3.8, 4) is 5.75 Å². The second-order valence-electron chi connectivity index (χ2n) is 4.84. The van der Waals surface area contributed by atoms with E-state index < -0.39 is 11.6 Å². The molecule has 0 atom stereocenters. The van der Waals surface area contributed by atoms with Crippen LogP contribution in [0.25, 0.3) is 0 Å². The number of ether oxygens (including phenoxy) is 3. The van der Waals surface area contributed by atoms with Gasteiger partial charge in [0.25, 0.3) is 0 Å². The van der Waals surface area contributed by atoms with E-state index in [2.05, 4.69) is 0 Å². The van der Waals surface area contributed by atoms with Gasteiger partial charge in [0.05, 0.1) is 6.61 Å². The van der Waals surface area contributed by atoms with Gasteiger partial charge in [0.2, 0.25) is 0 Å². The molecule has 110 valence electrons. The van der Waals surface area contributed by atoms with Gasteiger partial charge in [0.1, 0.15) is 23.5 Å². The molecule has 0 saturated carbocycles. The number of rotatable bonds is 5. The van der Waals surface area contributed by atoms with Crippen LogP contribution in [0.3, 0.4) is 0 Å². The number of hydrogen-bond acceptors (Lipinski definition) is 5. The molecule has 1 aromatic rings. The predicted molar refractivity (Wildman–Crippen MR) is 72.9 cm³/mol. The second kappa shape index (κ2) is 6.72. The summed E-state index contributed by atoms with van der Waals surface area (Å²) in [5.41, 5.74) is -0.509. The molecule has 5 nitrogen and oxygen atoms in total. The summed E-state index contributed by atoms with van der Waals surface area (Å²) in [5.74, 6) is 0.0212. The lowest BCUT2D eigenvalue weighted by Crippen LogP contribution is -2.41. The lowest BCUT2D eigenvalue weighted by molar-refractivity contribution is -0.0857. The van der Waals surface area contributed by atoms with Gasteiger partial charge in [-0.2, -0.15) is 0 Å². The molecule has 1 heterocycles. The minimum atomic E-state index is -0.889. The van der Waals surface area contributed by atoms with Crippen LogP contribution in [0, 0.1) is 0 Å². The Labute approximate surface area is 118 Å². The molecule has 1 aliphatic rings. The molecule has 0 unspecified atom stereocenters. The van der Waals surface area contributed by atoms with Crippen molar-refractivity contribution in [3.05, 3.63) is 29.8 Å². The zero-order valence-electron chi connectivity index (χ0n) is 11.6. The SMILES string of the molecule is CCOC(=O)c1ccccc1OCC1(O)CCOCC1. The van der Waals surface area contributed by atoms with Crippen molar-refractivity contribution in [3.63, 3.8) is 0 Å². The second-order valence-corrected chi connectivity index (χ2v) is 4.84. The fourth-order valence-electron chi connectivity index (χ4n) is 2.08. The molecular weight excluding hydrogens is 260 g/mol. The Morgan fingerprint density at radius 2 is 2.05 bits per heavy atom. The third kappa shape index (κ3) is 3.71. The fraction of sp³-hybridized carbons (Fsp3) is 0.533. The normalized spacial score (nSPS) is 17.5. The van der Waals surface area contributed by atoms with Gasteiger partial charge in [-0.1, -0.05) is 12.1 Å². The van der Waals surface area contributed by atoms with Crippen molar-refractivity contribution in [2.45, 2.75) is 25.4 Å². The highest BCUT2D eigenvalue weighted by Crippen LogP contribution is 2.24. The van der Waals surface area contributed by atoms with Gasteiger partial charge in [-0.05, 0) is 19.1 Å². The van der Waals surface area contributed by atoms with Gasteiger partial charge in [-0.15, -0.1) is 0 Å². The summed E-state index contributed by atoms with van der Waals surface area (Å²) < 4.78 is 15.8. The van der Waals surface area contributed by atoms with E-state index in [0.717, 1.165) is 0 Å². The summed E-state index contributed by atoms with van der Waals surface area (Å²) in [5, 5.41) is 10.3. The third-order valence-electron chi connectivity index (χ3n) is 3.30. The van der Waals surface area contributed by atoms with Gasteiger partial charge in [-0.3, -0.25) is 0 Å². The van der Waals surface area contributed by atoms with E-state index >= 15 is 0 Å². The van der Waals surface area contributed by atoms with E-state index in [1.807, 2.05) is 0 Å². The van der Waals surface area contributed by atoms with Crippen molar-refractivity contribution < 1.29 is 24.1 Å². The van der Waals surface area contributed by atoms with Crippen LogP contribution in [0.1, 0.15) is 30.1 Å². The molecule has 1 N–H and O–H groups in total. The van der Waals surface area contributed by atoms with Crippen molar-refractivity contribution in [1.29, 1.82) is 0 Å². The Morgan fingerprint density at radius 1 is 1.35 bits per heavy atom. The third-order valence-corrected chi connectivity index (χ3v) is 3.30. The summed E-state index contributed by atoms with van der Waals surface area (Å²) in [6.07, 6.45) is 1.07. The molecule has 1 saturated heterocycles. The minimum absolute atomic E-state index is 0.146. The van der Waals surface area contributed by atoms with Gasteiger partial charge in [0.15, 0.2) is 0 Å². The van der Waals surface area contributed by atoms with Gasteiger partial charge in [0, 0.05) is 26.1 Å². The standard InChI is InChI=1S/C15H20O5/c1-2-19-14(16)12-5-3-4-6-13(12)20-11-15(17)7-9-18-10-8-15/h3-6,17H,2,7-11H2,1H3. The highest BCUT2D eigenvalue weighted by molar-refractivity contribution is 5.92. The van der Waals surface area contributed by atoms with Crippen LogP contribution in [0.5, 0.6) is 5.75 Å². The number of carbonyl (C=O) groups excluding carboxylic acids is 1. The van der Waals surface area contributed by atoms with Crippen LogP contribution in [0.4, 0.5) is 0 Å². The van der Waals surface area contributed by atoms with Crippen LogP contribution in [-0.4, -0.2) is 43.1 Å². The molecule has 0 radical (unpaired) electrons. The zero-order chi connectivity index (χ0) is 14.4. The first-order valence-electron chi connectivity index (χ1n) is 6.84. The fourth-order valence-corrected chi connectivity index (χ4v) is 2.08. The predicted octanol–water partition coefficient (Wildman–Crippen LogP) is 1.78. The largest absolute Gasteiger partial charge is 0.490 e. The smallest absolute Gasteiger partial charge is 0.341 e. The number of esters is 1. The average Bonchev–Trinajstić information content (AvgIpc) is 2.47. The number of hydrogen-bond donors (Lipinski definition) is 1. The minimum Gasteiger partial charge on any atom is -0.490 e. The lowest BCUT2D eigenvalue weighted by Gasteiger charge is -2.31. The van der Waals surface area contributed by atoms with Crippen LogP contribution >= 0.6 is 0 Å². The Morgan fingerprint density at radius 3 is 2.75 bits per heavy atom. The zero-order valence-corrected chi connectivity index (χ0v) is 11.6. The topological polar surface area (TPSA) is 65.0 Å². The molecule has 5 heteroatoms. The van der Waals surface area contributed by atoms with E-state index in [9.17, 15) is 9.90 Å². The molecule has 1 aromatic carbocycles. The first kappa shape index (κ1) is 14.8. The van der Waals surface area contributed by atoms with E-state index in [1.54, 1.807) is 31.2 Å². The quantitative estimate of drug-likeness (QED) is 0.833. The van der Waals surface area contributed by atoms with Crippen LogP contribution in [0.2, 0.25) is 0 Å². The van der Waals surface area contributed by atoms with Crippen molar-refractivity contribution in [1.82, 2.24) is 0 Å². The Kier molecular flexibility index (Phi) is 4.98. The van der Waals surface area contributed by atoms with Crippen LogP contribution in [-0.2, 0) is 9.47 Å². The molecule has 20 heavy (non-hydrogen) atoms. The van der Waals surface area contributed by atoms with E-state index in [0.29, 0.717) is 44.0 Å². The van der Waals surface area contributed by atoms with Gasteiger partial charge in [-0.25, -0.2) is 4.79 Å². The van der Waals surface area contributed by atoms with Crippen molar-refractivity contribution in [2.75, 3.05) is 26.4 Å². The summed E-state index contributed by atoms with van der Waals surface area (Å²) in [7, 11) is 0. The number of para-hydroxylation sites is 1. The number of benzene rings is 1. The summed E-state index contributed by atoms with van der Waals surface area (Å²) in [4.78, 5) is 11.8. The molecular formula is C15H20O5. The van der Waals surface area contributed by atoms with Gasteiger partial charge >= 0.3 is 5.97 Å². The monoisotopic (exact) mass is 280 g/mol. The average molecular weight is 280 g/mol. The van der Waals surface area contributed by atoms with E-state index in [-0.39, 0.29) is 6.61 Å². The van der Waals surface area contributed by atoms with Crippen LogP contribution < -0.4 is 4.74 Å². The summed E-state index contributed by atoms with van der Waals surface area (Å²) in [6, 6.07) is 6.89. The Bertz CT molecular complexity index is 451. The first-order valence-corrected chi connectivity index (χ1v) is 6.84. The first-order chi connectivity index (χ1) is 9.64. The number of carbonyl (C=O) groups is 1. The molecule has 2 rings (SSSR count). The Hall–Kier alpha value is -1.59. The lowest BCUT2D eigenvalue weighted by atomic mass is 9.96. The van der Waals surface area contributed by atoms with Crippen molar-refractivity contribution in [2.24, 2.45) is 0 Å². The highest BCUT2D eigenvalue weighted by atomic mass is 16.5. The molecule has 1 aliphatic heterocycles. The molecule has 0 aliphatic carbocycles. The maximum atomic E-state index is 11.8. The summed E-state index contributed by atoms with van der Waals surface area (Å²) >= 11 is 0. The molecule has 0 amide bonds. The Balaban J connectivity index is 2.03. The van der Waals surface area contributed by atoms with E-state index in [4.69, 9.17) is 14.2 Å². The van der Waals surface area contributed by atoms with E-state index in [1.165, 1.54) is 0 Å². The molecule has 0 bridgehead atoms. The maximum absolute atomic E-state index is 11.8. The number of aliphatic hydroxyl groups is 1. The highest BCUT2D eigenvalue weighted by Gasteiger charge is 2.31.